The van der Waals surface area contributed by atoms with E-state index in [4.69, 9.17) is 8.83 Å². The zero-order valence-corrected chi connectivity index (χ0v) is 15.7. The van der Waals surface area contributed by atoms with Gasteiger partial charge in [0.05, 0.1) is 24.1 Å². The Morgan fingerprint density at radius 1 is 1.15 bits per heavy atom. The lowest BCUT2D eigenvalue weighted by Gasteiger charge is -2.04. The van der Waals surface area contributed by atoms with Gasteiger partial charge in [0, 0.05) is 4.47 Å². The molecule has 2 heterocycles. The van der Waals surface area contributed by atoms with E-state index < -0.39 is 11.9 Å². The van der Waals surface area contributed by atoms with Crippen LogP contribution < -0.4 is 10.6 Å². The highest BCUT2D eigenvalue weighted by Crippen LogP contribution is 2.28. The van der Waals surface area contributed by atoms with Gasteiger partial charge in [0.15, 0.2) is 0 Å². The maximum absolute atomic E-state index is 11.8. The van der Waals surface area contributed by atoms with E-state index in [2.05, 4.69) is 36.8 Å². The van der Waals surface area contributed by atoms with Crippen molar-refractivity contribution in [3.05, 3.63) is 52.9 Å². The lowest BCUT2D eigenvalue weighted by atomic mass is 10.2. The van der Waals surface area contributed by atoms with Gasteiger partial charge in [0.2, 0.25) is 11.8 Å². The number of thioether (sulfide) groups is 1. The molecule has 0 aliphatic heterocycles. The summed E-state index contributed by atoms with van der Waals surface area (Å²) < 4.78 is 11.4. The molecule has 0 saturated heterocycles. The number of amides is 3. The van der Waals surface area contributed by atoms with Crippen molar-refractivity contribution in [1.82, 2.24) is 20.8 Å². The first-order valence-corrected chi connectivity index (χ1v) is 9.21. The molecule has 1 aromatic carbocycles. The summed E-state index contributed by atoms with van der Waals surface area (Å²) in [6.45, 7) is 0.193. The van der Waals surface area contributed by atoms with Crippen LogP contribution >= 0.6 is 27.7 Å². The molecule has 0 atom stereocenters. The Bertz CT molecular complexity index is 897. The average Bonchev–Trinajstić information content (AvgIpc) is 3.30. The molecular formula is C16H13BrN4O4S. The Morgan fingerprint density at radius 3 is 2.77 bits per heavy atom. The molecule has 8 nitrogen and oxygen atoms in total. The lowest BCUT2D eigenvalue weighted by molar-refractivity contribution is -0.117. The molecule has 10 heteroatoms. The van der Waals surface area contributed by atoms with Crippen molar-refractivity contribution in [3.8, 4) is 11.5 Å². The first-order chi connectivity index (χ1) is 12.6. The summed E-state index contributed by atoms with van der Waals surface area (Å²) >= 11 is 4.45. The van der Waals surface area contributed by atoms with Gasteiger partial charge in [-0.15, -0.1) is 10.2 Å². The minimum atomic E-state index is -0.605. The fraction of sp³-hybridized carbons (Fsp3) is 0.125. The smallest absolute Gasteiger partial charge is 0.321 e. The van der Waals surface area contributed by atoms with E-state index >= 15 is 0 Å². The second-order valence-electron chi connectivity index (χ2n) is 4.95. The predicted octanol–water partition coefficient (Wildman–Crippen LogP) is 3.21. The fourth-order valence-corrected chi connectivity index (χ4v) is 2.94. The number of nitrogens with one attached hydrogen (secondary N) is 2. The van der Waals surface area contributed by atoms with Crippen molar-refractivity contribution in [2.45, 2.75) is 11.8 Å². The summed E-state index contributed by atoms with van der Waals surface area (Å²) in [5, 5.41) is 12.8. The molecule has 3 aromatic rings. The number of nitrogens with zero attached hydrogens (tertiary/aromatic N) is 2. The number of hydrogen-bond donors (Lipinski definition) is 2. The Labute approximate surface area is 160 Å². The van der Waals surface area contributed by atoms with E-state index in [1.807, 2.05) is 24.3 Å². The van der Waals surface area contributed by atoms with Crippen LogP contribution in [-0.2, 0) is 11.3 Å². The second kappa shape index (κ2) is 8.68. The van der Waals surface area contributed by atoms with Crippen molar-refractivity contribution in [2.75, 3.05) is 5.75 Å². The molecule has 0 spiro atoms. The molecule has 0 unspecified atom stereocenters. The number of benzene rings is 1. The summed E-state index contributed by atoms with van der Waals surface area (Å²) in [4.78, 5) is 23.4. The van der Waals surface area contributed by atoms with Gasteiger partial charge in [-0.2, -0.15) is 0 Å². The maximum Gasteiger partial charge on any atom is 0.321 e. The predicted molar refractivity (Wildman–Crippen MR) is 97.2 cm³/mol. The average molecular weight is 437 g/mol. The van der Waals surface area contributed by atoms with E-state index in [-0.39, 0.29) is 17.5 Å². The highest BCUT2D eigenvalue weighted by molar-refractivity contribution is 9.10. The van der Waals surface area contributed by atoms with Crippen LogP contribution in [0.1, 0.15) is 5.76 Å². The molecule has 0 fully saturated rings. The molecule has 3 amide bonds. The molecule has 134 valence electrons. The van der Waals surface area contributed by atoms with Crippen LogP contribution in [0, 0.1) is 0 Å². The lowest BCUT2D eigenvalue weighted by Crippen LogP contribution is -2.39. The second-order valence-corrected chi connectivity index (χ2v) is 6.73. The normalized spacial score (nSPS) is 10.5. The van der Waals surface area contributed by atoms with Crippen LogP contribution in [0.4, 0.5) is 4.79 Å². The number of hydrogen-bond acceptors (Lipinski definition) is 7. The fourth-order valence-electron chi connectivity index (χ4n) is 1.93. The van der Waals surface area contributed by atoms with Crippen molar-refractivity contribution >= 4 is 39.6 Å². The van der Waals surface area contributed by atoms with E-state index in [1.54, 1.807) is 12.1 Å². The van der Waals surface area contributed by atoms with Gasteiger partial charge < -0.3 is 14.2 Å². The molecule has 0 aliphatic rings. The monoisotopic (exact) mass is 436 g/mol. The molecule has 0 radical (unpaired) electrons. The Hall–Kier alpha value is -2.59. The standard InChI is InChI=1S/C16H13BrN4O4S/c17-12-6-2-1-5-11(12)14-20-21-16(25-14)26-9-13(22)19-15(23)18-8-10-4-3-7-24-10/h1-7H,8-9H2,(H2,18,19,22,23). The summed E-state index contributed by atoms with van der Waals surface area (Å²) in [6, 6.07) is 10.3. The van der Waals surface area contributed by atoms with E-state index in [0.29, 0.717) is 11.7 Å². The number of carbonyl (C=O) groups is 2. The number of carbonyl (C=O) groups excluding carboxylic acids is 2. The van der Waals surface area contributed by atoms with Gasteiger partial charge in [-0.3, -0.25) is 10.1 Å². The largest absolute Gasteiger partial charge is 0.467 e. The summed E-state index contributed by atoms with van der Waals surface area (Å²) in [6.07, 6.45) is 1.50. The Morgan fingerprint density at radius 2 is 2.00 bits per heavy atom. The molecule has 26 heavy (non-hydrogen) atoms. The number of rotatable bonds is 6. The van der Waals surface area contributed by atoms with Crippen LogP contribution in [-0.4, -0.2) is 27.9 Å². The third-order valence-corrected chi connectivity index (χ3v) is 4.60. The quantitative estimate of drug-likeness (QED) is 0.570. The van der Waals surface area contributed by atoms with Crippen LogP contribution in [0.5, 0.6) is 0 Å². The van der Waals surface area contributed by atoms with Crippen LogP contribution in [0.2, 0.25) is 0 Å². The van der Waals surface area contributed by atoms with Gasteiger partial charge in [0.25, 0.3) is 5.22 Å². The molecule has 3 rings (SSSR count). The minimum absolute atomic E-state index is 0.0359. The van der Waals surface area contributed by atoms with Crippen molar-refractivity contribution < 1.29 is 18.4 Å². The van der Waals surface area contributed by atoms with Gasteiger partial charge in [-0.1, -0.05) is 23.9 Å². The number of imide groups is 1. The number of furan rings is 1. The van der Waals surface area contributed by atoms with E-state index in [9.17, 15) is 9.59 Å². The van der Waals surface area contributed by atoms with Crippen molar-refractivity contribution in [3.63, 3.8) is 0 Å². The maximum atomic E-state index is 11.8. The van der Waals surface area contributed by atoms with Gasteiger partial charge in [-0.05, 0) is 40.2 Å². The van der Waals surface area contributed by atoms with Crippen LogP contribution in [0.25, 0.3) is 11.5 Å². The molecule has 2 N–H and O–H groups in total. The summed E-state index contributed by atoms with van der Waals surface area (Å²) in [7, 11) is 0. The first-order valence-electron chi connectivity index (χ1n) is 7.43. The first kappa shape index (κ1) is 18.2. The Kier molecular flexibility index (Phi) is 6.08. The van der Waals surface area contributed by atoms with Gasteiger partial charge in [-0.25, -0.2) is 4.79 Å². The van der Waals surface area contributed by atoms with E-state index in [1.165, 1.54) is 6.26 Å². The zero-order valence-electron chi connectivity index (χ0n) is 13.3. The van der Waals surface area contributed by atoms with Gasteiger partial charge >= 0.3 is 6.03 Å². The topological polar surface area (TPSA) is 110 Å². The minimum Gasteiger partial charge on any atom is -0.467 e. The van der Waals surface area contributed by atoms with Crippen molar-refractivity contribution in [1.29, 1.82) is 0 Å². The molecule has 0 saturated carbocycles. The summed E-state index contributed by atoms with van der Waals surface area (Å²) in [5.74, 6) is 0.419. The number of aromatic nitrogens is 2. The molecular weight excluding hydrogens is 424 g/mol. The third-order valence-electron chi connectivity index (χ3n) is 3.09. The zero-order chi connectivity index (χ0) is 18.4. The Balaban J connectivity index is 1.46. The SMILES string of the molecule is O=C(CSc1nnc(-c2ccccc2Br)o1)NC(=O)NCc1ccco1. The highest BCUT2D eigenvalue weighted by atomic mass is 79.9. The third kappa shape index (κ3) is 4.96. The molecule has 2 aromatic heterocycles. The number of urea groups is 1. The molecule has 0 aliphatic carbocycles. The van der Waals surface area contributed by atoms with Gasteiger partial charge in [0.1, 0.15) is 5.76 Å². The molecule has 0 bridgehead atoms. The summed E-state index contributed by atoms with van der Waals surface area (Å²) in [5.41, 5.74) is 0.758. The number of halogens is 1. The van der Waals surface area contributed by atoms with E-state index in [0.717, 1.165) is 21.8 Å². The van der Waals surface area contributed by atoms with Crippen LogP contribution in [0.15, 0.2) is 61.2 Å². The van der Waals surface area contributed by atoms with Crippen LogP contribution in [0.3, 0.4) is 0 Å². The highest BCUT2D eigenvalue weighted by Gasteiger charge is 2.14. The van der Waals surface area contributed by atoms with Crippen molar-refractivity contribution in [2.24, 2.45) is 0 Å².